The number of hydrogen-bond acceptors (Lipinski definition) is 4. The highest BCUT2D eigenvalue weighted by molar-refractivity contribution is 7.99. The summed E-state index contributed by atoms with van der Waals surface area (Å²) in [5.74, 6) is 2.38. The Hall–Kier alpha value is -0.260. The molecule has 2 heterocycles. The zero-order valence-electron chi connectivity index (χ0n) is 8.83. The van der Waals surface area contributed by atoms with Crippen molar-refractivity contribution in [2.24, 2.45) is 0 Å². The Morgan fingerprint density at radius 1 is 1.40 bits per heavy atom. The van der Waals surface area contributed by atoms with Crippen molar-refractivity contribution in [1.82, 2.24) is 10.6 Å². The number of carbonyl (C=O) groups is 1. The summed E-state index contributed by atoms with van der Waals surface area (Å²) in [6.07, 6.45) is 1.90. The quantitative estimate of drug-likeness (QED) is 0.700. The maximum absolute atomic E-state index is 11.8. The highest BCUT2D eigenvalue weighted by Crippen LogP contribution is 2.17. The molecule has 1 atom stereocenters. The van der Waals surface area contributed by atoms with Crippen molar-refractivity contribution in [2.75, 3.05) is 31.2 Å². The third-order valence-corrected chi connectivity index (χ3v) is 3.84. The van der Waals surface area contributed by atoms with E-state index in [4.69, 9.17) is 4.74 Å². The Morgan fingerprint density at radius 2 is 2.20 bits per heavy atom. The van der Waals surface area contributed by atoms with E-state index in [2.05, 4.69) is 10.6 Å². The van der Waals surface area contributed by atoms with Crippen LogP contribution in [0.4, 0.5) is 0 Å². The predicted octanol–water partition coefficient (Wildman–Crippen LogP) is -0.0134. The second-order valence-corrected chi connectivity index (χ2v) is 5.18. The van der Waals surface area contributed by atoms with Crippen LogP contribution in [0.25, 0.3) is 0 Å². The number of hydrogen-bond donors (Lipinski definition) is 2. The minimum atomic E-state index is -0.284. The lowest BCUT2D eigenvalue weighted by Gasteiger charge is -2.27. The van der Waals surface area contributed by atoms with E-state index in [1.54, 1.807) is 0 Å². The first kappa shape index (κ1) is 11.2. The van der Waals surface area contributed by atoms with Gasteiger partial charge in [-0.15, -0.1) is 0 Å². The van der Waals surface area contributed by atoms with Gasteiger partial charge in [0.25, 0.3) is 5.91 Å². The second-order valence-electron chi connectivity index (χ2n) is 3.96. The number of thioether (sulfide) groups is 1. The molecule has 15 heavy (non-hydrogen) atoms. The van der Waals surface area contributed by atoms with Gasteiger partial charge in [0.05, 0.1) is 6.61 Å². The van der Waals surface area contributed by atoms with Crippen LogP contribution in [0.1, 0.15) is 12.8 Å². The Labute approximate surface area is 94.5 Å². The highest BCUT2D eigenvalue weighted by Gasteiger charge is 2.24. The van der Waals surface area contributed by atoms with Gasteiger partial charge in [0, 0.05) is 19.1 Å². The first-order valence-corrected chi connectivity index (χ1v) is 6.72. The molecule has 86 valence electrons. The standard InChI is InChI=1S/C10H18N2O2S/c13-10(9-7-11-3-4-14-9)12-8-1-5-15-6-2-8/h8-9,11H,1-7H2,(H,12,13)/t9-/m1/s1. The third-order valence-electron chi connectivity index (χ3n) is 2.79. The number of carbonyl (C=O) groups excluding carboxylic acids is 1. The molecule has 4 nitrogen and oxygen atoms in total. The lowest BCUT2D eigenvalue weighted by atomic mass is 10.1. The second kappa shape index (κ2) is 5.72. The zero-order chi connectivity index (χ0) is 10.5. The smallest absolute Gasteiger partial charge is 0.250 e. The maximum Gasteiger partial charge on any atom is 0.250 e. The van der Waals surface area contributed by atoms with Crippen LogP contribution in [-0.2, 0) is 9.53 Å². The summed E-state index contributed by atoms with van der Waals surface area (Å²) in [7, 11) is 0. The van der Waals surface area contributed by atoms with Gasteiger partial charge in [0.15, 0.2) is 0 Å². The van der Waals surface area contributed by atoms with E-state index in [-0.39, 0.29) is 12.0 Å². The molecular weight excluding hydrogens is 212 g/mol. The van der Waals surface area contributed by atoms with Crippen LogP contribution in [0, 0.1) is 0 Å². The molecule has 2 fully saturated rings. The fourth-order valence-corrected chi connectivity index (χ4v) is 2.98. The van der Waals surface area contributed by atoms with Crippen LogP contribution >= 0.6 is 11.8 Å². The molecule has 0 radical (unpaired) electrons. The molecule has 0 aromatic rings. The summed E-state index contributed by atoms with van der Waals surface area (Å²) >= 11 is 1.97. The van der Waals surface area contributed by atoms with E-state index in [0.29, 0.717) is 19.2 Å². The van der Waals surface area contributed by atoms with E-state index in [9.17, 15) is 4.79 Å². The molecule has 2 saturated heterocycles. The number of rotatable bonds is 2. The minimum Gasteiger partial charge on any atom is -0.366 e. The van der Waals surface area contributed by atoms with Crippen LogP contribution < -0.4 is 10.6 Å². The first-order valence-electron chi connectivity index (χ1n) is 5.57. The van der Waals surface area contributed by atoms with Gasteiger partial charge in [0.1, 0.15) is 6.10 Å². The van der Waals surface area contributed by atoms with E-state index in [1.807, 2.05) is 11.8 Å². The van der Waals surface area contributed by atoms with Gasteiger partial charge in [0.2, 0.25) is 0 Å². The SMILES string of the molecule is O=C(NC1CCSCC1)[C@H]1CNCCO1. The van der Waals surface area contributed by atoms with Gasteiger partial charge in [-0.2, -0.15) is 11.8 Å². The van der Waals surface area contributed by atoms with Crippen LogP contribution in [0.3, 0.4) is 0 Å². The van der Waals surface area contributed by atoms with E-state index in [1.165, 1.54) is 0 Å². The zero-order valence-corrected chi connectivity index (χ0v) is 9.65. The minimum absolute atomic E-state index is 0.0547. The van der Waals surface area contributed by atoms with Gasteiger partial charge >= 0.3 is 0 Å². The Balaban J connectivity index is 1.74. The number of amides is 1. The molecule has 0 saturated carbocycles. The summed E-state index contributed by atoms with van der Waals surface area (Å²) in [5, 5.41) is 6.23. The molecule has 0 spiro atoms. The molecule has 2 rings (SSSR count). The lowest BCUT2D eigenvalue weighted by Crippen LogP contribution is -2.50. The van der Waals surface area contributed by atoms with Crippen molar-refractivity contribution in [1.29, 1.82) is 0 Å². The number of nitrogens with one attached hydrogen (secondary N) is 2. The van der Waals surface area contributed by atoms with Crippen LogP contribution in [0.2, 0.25) is 0 Å². The highest BCUT2D eigenvalue weighted by atomic mass is 32.2. The van der Waals surface area contributed by atoms with Crippen molar-refractivity contribution in [3.8, 4) is 0 Å². The summed E-state index contributed by atoms with van der Waals surface area (Å²) in [4.78, 5) is 11.8. The molecule has 0 unspecified atom stereocenters. The summed E-state index contributed by atoms with van der Waals surface area (Å²) in [6.45, 7) is 2.13. The van der Waals surface area contributed by atoms with Crippen molar-refractivity contribution in [3.63, 3.8) is 0 Å². The van der Waals surface area contributed by atoms with Crippen molar-refractivity contribution >= 4 is 17.7 Å². The molecule has 2 aliphatic rings. The predicted molar refractivity (Wildman–Crippen MR) is 61.1 cm³/mol. The number of ether oxygens (including phenoxy) is 1. The third kappa shape index (κ3) is 3.36. The van der Waals surface area contributed by atoms with Crippen molar-refractivity contribution in [3.05, 3.63) is 0 Å². The van der Waals surface area contributed by atoms with Crippen LogP contribution in [0.15, 0.2) is 0 Å². The molecular formula is C10H18N2O2S. The van der Waals surface area contributed by atoms with E-state index < -0.39 is 0 Å². The van der Waals surface area contributed by atoms with Crippen molar-refractivity contribution < 1.29 is 9.53 Å². The van der Waals surface area contributed by atoms with Crippen LogP contribution in [-0.4, -0.2) is 49.3 Å². The largest absolute Gasteiger partial charge is 0.366 e. The monoisotopic (exact) mass is 230 g/mol. The van der Waals surface area contributed by atoms with Gasteiger partial charge in [-0.3, -0.25) is 4.79 Å². The Morgan fingerprint density at radius 3 is 2.87 bits per heavy atom. The first-order chi connectivity index (χ1) is 7.36. The van der Waals surface area contributed by atoms with Gasteiger partial charge < -0.3 is 15.4 Å². The Kier molecular flexibility index (Phi) is 4.29. The van der Waals surface area contributed by atoms with Crippen LogP contribution in [0.5, 0.6) is 0 Å². The average molecular weight is 230 g/mol. The molecule has 0 aliphatic carbocycles. The topological polar surface area (TPSA) is 50.4 Å². The molecule has 0 aromatic carbocycles. The summed E-state index contributed by atoms with van der Waals surface area (Å²) in [5.41, 5.74) is 0. The molecule has 5 heteroatoms. The molecule has 0 bridgehead atoms. The summed E-state index contributed by atoms with van der Waals surface area (Å²) in [6, 6.07) is 0.365. The molecule has 2 aliphatic heterocycles. The normalized spacial score (nSPS) is 28.7. The summed E-state index contributed by atoms with van der Waals surface area (Å²) < 4.78 is 5.40. The molecule has 0 aromatic heterocycles. The van der Waals surface area contributed by atoms with Gasteiger partial charge in [-0.25, -0.2) is 0 Å². The fourth-order valence-electron chi connectivity index (χ4n) is 1.87. The lowest BCUT2D eigenvalue weighted by molar-refractivity contribution is -0.135. The molecule has 2 N–H and O–H groups in total. The maximum atomic E-state index is 11.8. The van der Waals surface area contributed by atoms with Gasteiger partial charge in [-0.05, 0) is 24.3 Å². The van der Waals surface area contributed by atoms with E-state index >= 15 is 0 Å². The van der Waals surface area contributed by atoms with E-state index in [0.717, 1.165) is 30.9 Å². The Bertz CT molecular complexity index is 213. The van der Waals surface area contributed by atoms with Gasteiger partial charge in [-0.1, -0.05) is 0 Å². The van der Waals surface area contributed by atoms with Crippen molar-refractivity contribution in [2.45, 2.75) is 25.0 Å². The average Bonchev–Trinajstić information content (AvgIpc) is 2.31. The molecule has 1 amide bonds. The fraction of sp³-hybridized carbons (Fsp3) is 0.900. The number of morpholine rings is 1.